The van der Waals surface area contributed by atoms with Gasteiger partial charge in [-0.3, -0.25) is 4.98 Å². The quantitative estimate of drug-likeness (QED) is 0.447. The molecule has 0 saturated carbocycles. The number of alkyl halides is 6. The van der Waals surface area contributed by atoms with Crippen molar-refractivity contribution in [2.24, 2.45) is 0 Å². The van der Waals surface area contributed by atoms with Gasteiger partial charge in [-0.05, 0) is 42.8 Å². The van der Waals surface area contributed by atoms with Gasteiger partial charge in [0.15, 0.2) is 5.82 Å². The number of aromatic nitrogens is 3. The third-order valence-electron chi connectivity index (χ3n) is 5.80. The van der Waals surface area contributed by atoms with E-state index >= 15 is 0 Å². The molecule has 1 aliphatic rings. The van der Waals surface area contributed by atoms with Gasteiger partial charge in [0, 0.05) is 56.2 Å². The Bertz CT molecular complexity index is 1240. The van der Waals surface area contributed by atoms with Crippen LogP contribution in [0.1, 0.15) is 23.6 Å². The molecule has 202 valence electrons. The topological polar surface area (TPSA) is 83.5 Å². The number of nitrogens with zero attached hydrogens (tertiary/aromatic N) is 5. The molecule has 1 saturated heterocycles. The predicted octanol–water partition coefficient (Wildman–Crippen LogP) is 5.23. The standard InChI is InChI=1S/C24H22F6N6O2/c1-15-13-35(20-21(33-7-6-32-20)38-14-16-2-4-31-5-3-16)8-9-36(15)22(37)34-19-11-17(23(25,26)27)10-18(12-19)24(28,29)30/h2-7,10-12,15H,8-9,13-14H2,1H3,(H,34,37). The summed E-state index contributed by atoms with van der Waals surface area (Å²) in [6.07, 6.45) is -3.81. The zero-order valence-corrected chi connectivity index (χ0v) is 19.9. The van der Waals surface area contributed by atoms with Crippen molar-refractivity contribution in [2.45, 2.75) is 31.9 Å². The fourth-order valence-corrected chi connectivity index (χ4v) is 3.94. The van der Waals surface area contributed by atoms with Crippen LogP contribution in [0.5, 0.6) is 5.88 Å². The molecule has 1 unspecified atom stereocenters. The smallest absolute Gasteiger partial charge is 0.416 e. The Kier molecular flexibility index (Phi) is 7.60. The Hall–Kier alpha value is -4.10. The molecule has 0 aliphatic carbocycles. The number of piperazine rings is 1. The van der Waals surface area contributed by atoms with E-state index in [4.69, 9.17) is 4.74 Å². The summed E-state index contributed by atoms with van der Waals surface area (Å²) in [5.41, 5.74) is -2.76. The van der Waals surface area contributed by atoms with E-state index in [1.807, 2.05) is 4.90 Å². The highest BCUT2D eigenvalue weighted by Gasteiger charge is 2.37. The minimum Gasteiger partial charge on any atom is -0.470 e. The number of ether oxygens (including phenoxy) is 1. The third kappa shape index (κ3) is 6.42. The van der Waals surface area contributed by atoms with Crippen molar-refractivity contribution in [3.8, 4) is 5.88 Å². The lowest BCUT2D eigenvalue weighted by Gasteiger charge is -2.40. The molecule has 3 heterocycles. The molecule has 2 aromatic heterocycles. The number of hydrogen-bond donors (Lipinski definition) is 1. The number of hydrogen-bond acceptors (Lipinski definition) is 6. The van der Waals surface area contributed by atoms with Crippen LogP contribution in [0.15, 0.2) is 55.1 Å². The van der Waals surface area contributed by atoms with Crippen LogP contribution in [-0.2, 0) is 19.0 Å². The van der Waals surface area contributed by atoms with Gasteiger partial charge < -0.3 is 19.9 Å². The first kappa shape index (κ1) is 26.9. The first-order chi connectivity index (χ1) is 17.9. The minimum absolute atomic E-state index is 0.00624. The van der Waals surface area contributed by atoms with E-state index < -0.39 is 41.2 Å². The van der Waals surface area contributed by atoms with E-state index in [2.05, 4.69) is 20.3 Å². The van der Waals surface area contributed by atoms with Gasteiger partial charge in [0.1, 0.15) is 6.61 Å². The summed E-state index contributed by atoms with van der Waals surface area (Å²) in [6.45, 7) is 2.60. The number of halogens is 6. The molecule has 38 heavy (non-hydrogen) atoms. The van der Waals surface area contributed by atoms with Crippen molar-refractivity contribution in [3.63, 3.8) is 0 Å². The van der Waals surface area contributed by atoms with Crippen LogP contribution in [0.3, 0.4) is 0 Å². The maximum absolute atomic E-state index is 13.2. The Morgan fingerprint density at radius 2 is 1.61 bits per heavy atom. The lowest BCUT2D eigenvalue weighted by atomic mass is 10.1. The SMILES string of the molecule is CC1CN(c2nccnc2OCc2ccncc2)CCN1C(=O)Nc1cc(C(F)(F)F)cc(C(F)(F)F)c1. The predicted molar refractivity (Wildman–Crippen MR) is 124 cm³/mol. The Morgan fingerprint density at radius 3 is 2.21 bits per heavy atom. The Balaban J connectivity index is 1.45. The average Bonchev–Trinajstić information content (AvgIpc) is 2.87. The van der Waals surface area contributed by atoms with E-state index in [1.54, 1.807) is 31.5 Å². The van der Waals surface area contributed by atoms with Gasteiger partial charge >= 0.3 is 18.4 Å². The lowest BCUT2D eigenvalue weighted by Crippen LogP contribution is -2.55. The second kappa shape index (κ2) is 10.7. The maximum atomic E-state index is 13.2. The Morgan fingerprint density at radius 1 is 0.974 bits per heavy atom. The number of amides is 2. The van der Waals surface area contributed by atoms with Gasteiger partial charge in [-0.2, -0.15) is 26.3 Å². The third-order valence-corrected chi connectivity index (χ3v) is 5.80. The molecule has 14 heteroatoms. The average molecular weight is 540 g/mol. The van der Waals surface area contributed by atoms with E-state index in [1.165, 1.54) is 17.3 Å². The summed E-state index contributed by atoms with van der Waals surface area (Å²) in [5.74, 6) is 0.722. The van der Waals surface area contributed by atoms with Crippen molar-refractivity contribution in [1.82, 2.24) is 19.9 Å². The largest absolute Gasteiger partial charge is 0.470 e. The summed E-state index contributed by atoms with van der Waals surface area (Å²) < 4.78 is 84.8. The summed E-state index contributed by atoms with van der Waals surface area (Å²) in [4.78, 5) is 28.6. The molecule has 1 N–H and O–H groups in total. The molecule has 2 amide bonds. The second-order valence-electron chi connectivity index (χ2n) is 8.54. The number of anilines is 2. The highest BCUT2D eigenvalue weighted by molar-refractivity contribution is 5.90. The van der Waals surface area contributed by atoms with Crippen LogP contribution in [0.2, 0.25) is 0 Å². The molecule has 1 aromatic carbocycles. The Labute approximate surface area is 213 Å². The van der Waals surface area contributed by atoms with Crippen molar-refractivity contribution in [1.29, 1.82) is 0 Å². The van der Waals surface area contributed by atoms with E-state index in [0.29, 0.717) is 18.0 Å². The molecular formula is C24H22F6N6O2. The van der Waals surface area contributed by atoms with E-state index in [0.717, 1.165) is 5.56 Å². The number of urea groups is 1. The van der Waals surface area contributed by atoms with Gasteiger partial charge in [-0.1, -0.05) is 0 Å². The number of nitrogens with one attached hydrogen (secondary N) is 1. The summed E-state index contributed by atoms with van der Waals surface area (Å²) in [5, 5.41) is 2.18. The van der Waals surface area contributed by atoms with Crippen LogP contribution in [0, 0.1) is 0 Å². The van der Waals surface area contributed by atoms with E-state index in [9.17, 15) is 31.1 Å². The minimum atomic E-state index is -5.02. The molecular weight excluding hydrogens is 518 g/mol. The molecule has 8 nitrogen and oxygen atoms in total. The fraction of sp³-hybridized carbons (Fsp3) is 0.333. The van der Waals surface area contributed by atoms with Crippen LogP contribution in [0.4, 0.5) is 42.6 Å². The number of carbonyl (C=O) groups excluding carboxylic acids is 1. The van der Waals surface area contributed by atoms with Crippen LogP contribution in [0.25, 0.3) is 0 Å². The number of pyridine rings is 1. The van der Waals surface area contributed by atoms with Gasteiger partial charge in [0.25, 0.3) is 5.88 Å². The van der Waals surface area contributed by atoms with E-state index in [-0.39, 0.29) is 38.2 Å². The molecule has 4 rings (SSSR count). The monoisotopic (exact) mass is 540 g/mol. The molecule has 1 aliphatic heterocycles. The van der Waals surface area contributed by atoms with Crippen molar-refractivity contribution < 1.29 is 35.9 Å². The highest BCUT2D eigenvalue weighted by atomic mass is 19.4. The molecule has 0 bridgehead atoms. The van der Waals surface area contributed by atoms with Gasteiger partial charge in [0.2, 0.25) is 0 Å². The van der Waals surface area contributed by atoms with Crippen LogP contribution >= 0.6 is 0 Å². The first-order valence-corrected chi connectivity index (χ1v) is 11.4. The second-order valence-corrected chi connectivity index (χ2v) is 8.54. The normalized spacial score (nSPS) is 16.3. The zero-order chi connectivity index (χ0) is 27.5. The van der Waals surface area contributed by atoms with Crippen LogP contribution in [-0.4, -0.2) is 51.6 Å². The highest BCUT2D eigenvalue weighted by Crippen LogP contribution is 2.37. The van der Waals surface area contributed by atoms with Gasteiger partial charge in [-0.25, -0.2) is 14.8 Å². The van der Waals surface area contributed by atoms with Crippen molar-refractivity contribution in [2.75, 3.05) is 29.9 Å². The number of carbonyl (C=O) groups is 1. The molecule has 1 atom stereocenters. The van der Waals surface area contributed by atoms with Gasteiger partial charge in [0.05, 0.1) is 11.1 Å². The number of benzene rings is 1. The molecule has 0 radical (unpaired) electrons. The summed E-state index contributed by atoms with van der Waals surface area (Å²) in [6, 6.07) is 3.24. The van der Waals surface area contributed by atoms with Crippen molar-refractivity contribution in [3.05, 3.63) is 71.8 Å². The molecule has 3 aromatic rings. The number of rotatable bonds is 5. The van der Waals surface area contributed by atoms with Crippen LogP contribution < -0.4 is 15.0 Å². The lowest BCUT2D eigenvalue weighted by molar-refractivity contribution is -0.143. The fourth-order valence-electron chi connectivity index (χ4n) is 3.94. The maximum Gasteiger partial charge on any atom is 0.416 e. The summed E-state index contributed by atoms with van der Waals surface area (Å²) in [7, 11) is 0. The summed E-state index contributed by atoms with van der Waals surface area (Å²) >= 11 is 0. The molecule has 0 spiro atoms. The van der Waals surface area contributed by atoms with Gasteiger partial charge in [-0.15, -0.1) is 0 Å². The first-order valence-electron chi connectivity index (χ1n) is 11.4. The van der Waals surface area contributed by atoms with Crippen molar-refractivity contribution >= 4 is 17.5 Å². The zero-order valence-electron chi connectivity index (χ0n) is 19.9. The molecule has 1 fully saturated rings.